The van der Waals surface area contributed by atoms with Gasteiger partial charge in [0.25, 0.3) is 0 Å². The van der Waals surface area contributed by atoms with Crippen LogP contribution >= 0.6 is 0 Å². The number of hydrogen-bond acceptors (Lipinski definition) is 4. The highest BCUT2D eigenvalue weighted by atomic mass is 16.5. The first kappa shape index (κ1) is 17.4. The first-order chi connectivity index (χ1) is 12.7. The van der Waals surface area contributed by atoms with Crippen LogP contribution in [0.5, 0.6) is 0 Å². The van der Waals surface area contributed by atoms with Crippen molar-refractivity contribution in [1.82, 2.24) is 10.2 Å². The summed E-state index contributed by atoms with van der Waals surface area (Å²) in [6.45, 7) is 2.11. The fourth-order valence-electron chi connectivity index (χ4n) is 2.55. The molecule has 0 radical (unpaired) electrons. The molecule has 3 aromatic rings. The van der Waals surface area contributed by atoms with E-state index in [4.69, 9.17) is 4.74 Å². The van der Waals surface area contributed by atoms with Gasteiger partial charge in [-0.3, -0.25) is 9.89 Å². The molecule has 2 aromatic carbocycles. The van der Waals surface area contributed by atoms with Gasteiger partial charge >= 0.3 is 5.97 Å². The largest absolute Gasteiger partial charge is 0.463 e. The molecule has 0 unspecified atom stereocenters. The molecule has 26 heavy (non-hydrogen) atoms. The second-order valence-electron chi connectivity index (χ2n) is 5.65. The number of rotatable bonds is 6. The van der Waals surface area contributed by atoms with Gasteiger partial charge in [0.2, 0.25) is 5.91 Å². The molecule has 6 heteroatoms. The van der Waals surface area contributed by atoms with E-state index < -0.39 is 0 Å². The number of amides is 1. The number of aromatic nitrogens is 2. The van der Waals surface area contributed by atoms with Gasteiger partial charge in [0.05, 0.1) is 24.2 Å². The zero-order valence-electron chi connectivity index (χ0n) is 14.4. The highest BCUT2D eigenvalue weighted by Gasteiger charge is 2.10. The molecule has 0 spiro atoms. The zero-order valence-corrected chi connectivity index (χ0v) is 14.4. The van der Waals surface area contributed by atoms with Gasteiger partial charge in [0.15, 0.2) is 0 Å². The topological polar surface area (TPSA) is 84.1 Å². The standard InChI is InChI=1S/C20H19N3O3/c1-2-26-20(25)12-9-14-7-10-15(11-8-14)21-19(24)13-18-16-5-3-4-6-17(16)22-23-18/h3-12H,2,13H2,1H3,(H,21,24)(H,22,23). The third kappa shape index (κ3) is 4.36. The Balaban J connectivity index is 1.60. The van der Waals surface area contributed by atoms with Gasteiger partial charge < -0.3 is 10.1 Å². The van der Waals surface area contributed by atoms with Crippen molar-refractivity contribution >= 4 is 34.5 Å². The molecule has 0 saturated carbocycles. The number of fused-ring (bicyclic) bond motifs is 1. The first-order valence-corrected chi connectivity index (χ1v) is 8.32. The van der Waals surface area contributed by atoms with Gasteiger partial charge in [0.1, 0.15) is 0 Å². The van der Waals surface area contributed by atoms with E-state index in [2.05, 4.69) is 15.5 Å². The second kappa shape index (κ2) is 8.11. The number of esters is 1. The highest BCUT2D eigenvalue weighted by Crippen LogP contribution is 2.16. The van der Waals surface area contributed by atoms with Crippen LogP contribution in [0.3, 0.4) is 0 Å². The lowest BCUT2D eigenvalue weighted by Gasteiger charge is -2.05. The summed E-state index contributed by atoms with van der Waals surface area (Å²) in [4.78, 5) is 23.6. The van der Waals surface area contributed by atoms with Crippen molar-refractivity contribution in [2.75, 3.05) is 11.9 Å². The summed E-state index contributed by atoms with van der Waals surface area (Å²) in [5.41, 5.74) is 3.16. The maximum absolute atomic E-state index is 12.3. The third-order valence-electron chi connectivity index (χ3n) is 3.77. The van der Waals surface area contributed by atoms with Crippen molar-refractivity contribution in [2.45, 2.75) is 13.3 Å². The van der Waals surface area contributed by atoms with E-state index in [1.165, 1.54) is 6.08 Å². The van der Waals surface area contributed by atoms with Crippen molar-refractivity contribution in [1.29, 1.82) is 0 Å². The minimum atomic E-state index is -0.378. The van der Waals surface area contributed by atoms with Crippen LogP contribution in [0.1, 0.15) is 18.2 Å². The Morgan fingerprint density at radius 2 is 1.92 bits per heavy atom. The molecule has 132 valence electrons. The molecule has 6 nitrogen and oxygen atoms in total. The normalized spacial score (nSPS) is 11.0. The third-order valence-corrected chi connectivity index (χ3v) is 3.77. The molecule has 0 aliphatic rings. The minimum absolute atomic E-state index is 0.130. The van der Waals surface area contributed by atoms with E-state index in [1.807, 2.05) is 36.4 Å². The molecule has 0 bridgehead atoms. The summed E-state index contributed by atoms with van der Waals surface area (Å²) in [6.07, 6.45) is 3.26. The SMILES string of the molecule is CCOC(=O)C=Cc1ccc(NC(=O)Cc2[nH]nc3ccccc23)cc1. The molecule has 0 aliphatic carbocycles. The maximum Gasteiger partial charge on any atom is 0.330 e. The number of ether oxygens (including phenoxy) is 1. The average Bonchev–Trinajstić information content (AvgIpc) is 3.04. The monoisotopic (exact) mass is 349 g/mol. The summed E-state index contributed by atoms with van der Waals surface area (Å²) in [5, 5.41) is 10.9. The Morgan fingerprint density at radius 3 is 2.69 bits per heavy atom. The van der Waals surface area contributed by atoms with Crippen LogP contribution in [0.25, 0.3) is 17.0 Å². The van der Waals surface area contributed by atoms with Crippen molar-refractivity contribution in [3.63, 3.8) is 0 Å². The summed E-state index contributed by atoms with van der Waals surface area (Å²) in [6, 6.07) is 14.9. The van der Waals surface area contributed by atoms with Crippen LogP contribution in [0.4, 0.5) is 5.69 Å². The van der Waals surface area contributed by atoms with Gasteiger partial charge in [-0.1, -0.05) is 30.3 Å². The summed E-state index contributed by atoms with van der Waals surface area (Å²) in [5.74, 6) is -0.508. The van der Waals surface area contributed by atoms with Crippen LogP contribution in [0.2, 0.25) is 0 Å². The number of carbonyl (C=O) groups excluding carboxylic acids is 2. The lowest BCUT2D eigenvalue weighted by Crippen LogP contribution is -2.14. The molecule has 1 heterocycles. The van der Waals surface area contributed by atoms with Crippen molar-refractivity contribution in [3.05, 3.63) is 65.9 Å². The van der Waals surface area contributed by atoms with Crippen molar-refractivity contribution < 1.29 is 14.3 Å². The van der Waals surface area contributed by atoms with Crippen molar-refractivity contribution in [3.8, 4) is 0 Å². The molecule has 0 aliphatic heterocycles. The average molecular weight is 349 g/mol. The van der Waals surface area contributed by atoms with Crippen LogP contribution in [-0.2, 0) is 20.7 Å². The zero-order chi connectivity index (χ0) is 18.4. The number of nitrogens with one attached hydrogen (secondary N) is 2. The Kier molecular flexibility index (Phi) is 5.43. The van der Waals surface area contributed by atoms with E-state index >= 15 is 0 Å². The Labute approximate surface area is 150 Å². The Bertz CT molecular complexity index is 942. The summed E-state index contributed by atoms with van der Waals surface area (Å²) >= 11 is 0. The van der Waals surface area contributed by atoms with Crippen LogP contribution < -0.4 is 5.32 Å². The van der Waals surface area contributed by atoms with E-state index in [9.17, 15) is 9.59 Å². The fourth-order valence-corrected chi connectivity index (χ4v) is 2.55. The van der Waals surface area contributed by atoms with E-state index in [1.54, 1.807) is 25.1 Å². The van der Waals surface area contributed by atoms with Gasteiger partial charge in [0, 0.05) is 17.1 Å². The molecule has 1 amide bonds. The Morgan fingerprint density at radius 1 is 1.15 bits per heavy atom. The number of H-pyrrole nitrogens is 1. The number of benzene rings is 2. The molecule has 0 fully saturated rings. The number of nitrogens with zero attached hydrogens (tertiary/aromatic N) is 1. The molecule has 3 rings (SSSR count). The summed E-state index contributed by atoms with van der Waals surface area (Å²) in [7, 11) is 0. The number of anilines is 1. The van der Waals surface area contributed by atoms with E-state index in [0.29, 0.717) is 12.3 Å². The minimum Gasteiger partial charge on any atom is -0.463 e. The summed E-state index contributed by atoms with van der Waals surface area (Å²) < 4.78 is 4.83. The number of hydrogen-bond donors (Lipinski definition) is 2. The molecular formula is C20H19N3O3. The molecule has 1 aromatic heterocycles. The quantitative estimate of drug-likeness (QED) is 0.528. The number of carbonyl (C=O) groups is 2. The predicted molar refractivity (Wildman–Crippen MR) is 101 cm³/mol. The highest BCUT2D eigenvalue weighted by molar-refractivity contribution is 5.95. The number of aromatic amines is 1. The van der Waals surface area contributed by atoms with Gasteiger partial charge in [-0.15, -0.1) is 0 Å². The fraction of sp³-hybridized carbons (Fsp3) is 0.150. The first-order valence-electron chi connectivity index (χ1n) is 8.32. The van der Waals surface area contributed by atoms with Gasteiger partial charge in [-0.05, 0) is 36.8 Å². The Hall–Kier alpha value is -3.41. The molecule has 0 atom stereocenters. The lowest BCUT2D eigenvalue weighted by molar-refractivity contribution is -0.137. The molecule has 2 N–H and O–H groups in total. The number of para-hydroxylation sites is 1. The van der Waals surface area contributed by atoms with Crippen LogP contribution in [-0.4, -0.2) is 28.7 Å². The second-order valence-corrected chi connectivity index (χ2v) is 5.65. The van der Waals surface area contributed by atoms with Crippen LogP contribution in [0, 0.1) is 0 Å². The predicted octanol–water partition coefficient (Wildman–Crippen LogP) is 3.32. The lowest BCUT2D eigenvalue weighted by atomic mass is 10.1. The van der Waals surface area contributed by atoms with Crippen LogP contribution in [0.15, 0.2) is 54.6 Å². The van der Waals surface area contributed by atoms with Crippen molar-refractivity contribution in [2.24, 2.45) is 0 Å². The van der Waals surface area contributed by atoms with E-state index in [-0.39, 0.29) is 18.3 Å². The smallest absolute Gasteiger partial charge is 0.330 e. The molecule has 0 saturated heterocycles. The maximum atomic E-state index is 12.3. The van der Waals surface area contributed by atoms with Gasteiger partial charge in [-0.25, -0.2) is 4.79 Å². The molecular weight excluding hydrogens is 330 g/mol. The van der Waals surface area contributed by atoms with Gasteiger partial charge in [-0.2, -0.15) is 5.10 Å². The van der Waals surface area contributed by atoms with E-state index in [0.717, 1.165) is 22.2 Å².